The van der Waals surface area contributed by atoms with Crippen LogP contribution >= 0.6 is 22.9 Å². The van der Waals surface area contributed by atoms with Crippen molar-refractivity contribution in [2.24, 2.45) is 0 Å². The normalized spacial score (nSPS) is 19.4. The van der Waals surface area contributed by atoms with Gasteiger partial charge in [-0.05, 0) is 50.7 Å². The molecule has 7 nitrogen and oxygen atoms in total. The van der Waals surface area contributed by atoms with Gasteiger partial charge in [-0.2, -0.15) is 4.98 Å². The van der Waals surface area contributed by atoms with E-state index < -0.39 is 0 Å². The van der Waals surface area contributed by atoms with E-state index in [0.29, 0.717) is 17.8 Å². The molecule has 2 aliphatic rings. The second-order valence-electron chi connectivity index (χ2n) is 8.90. The van der Waals surface area contributed by atoms with Gasteiger partial charge >= 0.3 is 0 Å². The minimum atomic E-state index is 0.204. The fourth-order valence-electron chi connectivity index (χ4n) is 4.72. The lowest BCUT2D eigenvalue weighted by atomic mass is 10.1. The summed E-state index contributed by atoms with van der Waals surface area (Å²) in [4.78, 5) is 17.1. The molecule has 0 bridgehead atoms. The summed E-state index contributed by atoms with van der Waals surface area (Å²) in [5, 5.41) is 9.78. The summed E-state index contributed by atoms with van der Waals surface area (Å²) < 4.78 is 7.42. The quantitative estimate of drug-likeness (QED) is 0.361. The van der Waals surface area contributed by atoms with Crippen molar-refractivity contribution in [1.82, 2.24) is 25.2 Å². The van der Waals surface area contributed by atoms with Crippen LogP contribution in [0.3, 0.4) is 0 Å². The number of likely N-dealkylation sites (N-methyl/N-ethyl adjacent to an activating group) is 1. The van der Waals surface area contributed by atoms with Gasteiger partial charge in [0.05, 0.1) is 27.3 Å². The first-order chi connectivity index (χ1) is 16.5. The highest BCUT2D eigenvalue weighted by atomic mass is 35.5. The van der Waals surface area contributed by atoms with Crippen molar-refractivity contribution in [3.63, 3.8) is 0 Å². The molecule has 0 radical (unpaired) electrons. The van der Waals surface area contributed by atoms with Gasteiger partial charge < -0.3 is 20.3 Å². The largest absolute Gasteiger partial charge is 0.420 e. The molecule has 0 saturated heterocycles. The molecular formula is C25H25ClN6OS. The number of hydrogen-bond acceptors (Lipinski definition) is 8. The number of ether oxygens (including phenoxy) is 1. The van der Waals surface area contributed by atoms with E-state index in [1.807, 2.05) is 6.07 Å². The van der Waals surface area contributed by atoms with Crippen molar-refractivity contribution in [3.05, 3.63) is 51.8 Å². The molecule has 0 amide bonds. The Morgan fingerprint density at radius 1 is 1.21 bits per heavy atom. The zero-order chi connectivity index (χ0) is 23.4. The van der Waals surface area contributed by atoms with Gasteiger partial charge in [0, 0.05) is 59.3 Å². The van der Waals surface area contributed by atoms with Crippen molar-refractivity contribution in [3.8, 4) is 11.8 Å². The molecule has 0 spiro atoms. The molecule has 0 fully saturated rings. The molecule has 5 heterocycles. The van der Waals surface area contributed by atoms with E-state index in [4.69, 9.17) is 21.3 Å². The van der Waals surface area contributed by atoms with E-state index in [-0.39, 0.29) is 5.28 Å². The molecule has 0 unspecified atom stereocenters. The van der Waals surface area contributed by atoms with Crippen molar-refractivity contribution in [2.45, 2.75) is 32.9 Å². The topological polar surface area (TPSA) is 75.2 Å². The molecule has 3 aromatic heterocycles. The van der Waals surface area contributed by atoms with Crippen molar-refractivity contribution < 1.29 is 4.74 Å². The van der Waals surface area contributed by atoms with E-state index in [0.717, 1.165) is 48.2 Å². The summed E-state index contributed by atoms with van der Waals surface area (Å²) in [7, 11) is 2.08. The molecule has 0 saturated carbocycles. The Morgan fingerprint density at radius 2 is 2.09 bits per heavy atom. The van der Waals surface area contributed by atoms with Gasteiger partial charge in [0.25, 0.3) is 0 Å². The number of rotatable bonds is 2. The first kappa shape index (κ1) is 21.6. The van der Waals surface area contributed by atoms with E-state index in [9.17, 15) is 0 Å². The number of nitrogens with zero attached hydrogens (tertiary/aromatic N) is 4. The number of aromatic nitrogens is 3. The second kappa shape index (κ2) is 8.37. The fraction of sp³-hybridized carbons (Fsp3) is 0.320. The fourth-order valence-corrected chi connectivity index (χ4v) is 6.13. The highest BCUT2D eigenvalue weighted by Crippen LogP contribution is 2.44. The van der Waals surface area contributed by atoms with E-state index in [1.54, 1.807) is 11.3 Å². The monoisotopic (exact) mass is 492 g/mol. The zero-order valence-corrected chi connectivity index (χ0v) is 20.8. The Morgan fingerprint density at radius 3 is 2.94 bits per heavy atom. The molecule has 2 N–H and O–H groups in total. The molecule has 0 aliphatic carbocycles. The zero-order valence-electron chi connectivity index (χ0n) is 19.3. The van der Waals surface area contributed by atoms with Crippen molar-refractivity contribution in [1.29, 1.82) is 0 Å². The lowest BCUT2D eigenvalue weighted by molar-refractivity contribution is 0.299. The summed E-state index contributed by atoms with van der Waals surface area (Å²) >= 11 is 7.99. The Bertz CT molecular complexity index is 1470. The summed E-state index contributed by atoms with van der Waals surface area (Å²) in [5.74, 6) is 0.981. The summed E-state index contributed by atoms with van der Waals surface area (Å²) in [6.45, 7) is 6.78. The molecule has 2 aliphatic heterocycles. The van der Waals surface area contributed by atoms with Gasteiger partial charge in [-0.15, -0.1) is 11.3 Å². The minimum Gasteiger partial charge on any atom is -0.420 e. The van der Waals surface area contributed by atoms with Crippen LogP contribution in [-0.2, 0) is 13.0 Å². The Labute approximate surface area is 206 Å². The number of thiophene rings is 1. The van der Waals surface area contributed by atoms with Gasteiger partial charge in [-0.3, -0.25) is 0 Å². The molecule has 174 valence electrons. The number of benzene rings is 1. The smallest absolute Gasteiger partial charge is 0.230 e. The average molecular weight is 493 g/mol. The van der Waals surface area contributed by atoms with Crippen LogP contribution < -0.4 is 15.4 Å². The number of halogens is 1. The first-order valence-electron chi connectivity index (χ1n) is 11.4. The molecular weight excluding hydrogens is 468 g/mol. The summed E-state index contributed by atoms with van der Waals surface area (Å²) in [6, 6.07) is 8.55. The maximum absolute atomic E-state index is 6.20. The second-order valence-corrected chi connectivity index (χ2v) is 10.3. The highest BCUT2D eigenvalue weighted by molar-refractivity contribution is 7.21. The van der Waals surface area contributed by atoms with Crippen LogP contribution in [0.25, 0.3) is 26.7 Å². The molecule has 1 atom stereocenters. The van der Waals surface area contributed by atoms with Crippen LogP contribution in [0.5, 0.6) is 11.8 Å². The predicted molar refractivity (Wildman–Crippen MR) is 139 cm³/mol. The number of anilines is 1. The molecule has 1 aromatic carbocycles. The van der Waals surface area contributed by atoms with Crippen LogP contribution in [0.4, 0.5) is 5.69 Å². The lowest BCUT2D eigenvalue weighted by Gasteiger charge is -2.25. The van der Waals surface area contributed by atoms with Gasteiger partial charge in [0.15, 0.2) is 0 Å². The van der Waals surface area contributed by atoms with E-state index in [2.05, 4.69) is 70.7 Å². The minimum absolute atomic E-state index is 0.204. The van der Waals surface area contributed by atoms with Gasteiger partial charge in [-0.1, -0.05) is 6.08 Å². The lowest BCUT2D eigenvalue weighted by Crippen LogP contribution is -2.28. The third-order valence-corrected chi connectivity index (χ3v) is 7.76. The molecule has 4 aromatic rings. The molecule has 34 heavy (non-hydrogen) atoms. The van der Waals surface area contributed by atoms with Gasteiger partial charge in [0.2, 0.25) is 17.0 Å². The maximum atomic E-state index is 6.20. The number of allylic oxidation sites excluding steroid dienone is 1. The predicted octanol–water partition coefficient (Wildman–Crippen LogP) is 5.44. The number of nitrogens with one attached hydrogen (secondary N) is 2. The maximum Gasteiger partial charge on any atom is 0.230 e. The number of hydrogen-bond donors (Lipinski definition) is 2. The number of fused-ring (bicyclic) bond motifs is 6. The Kier molecular flexibility index (Phi) is 5.32. The van der Waals surface area contributed by atoms with Gasteiger partial charge in [-0.25, -0.2) is 9.97 Å². The highest BCUT2D eigenvalue weighted by Gasteiger charge is 2.24. The van der Waals surface area contributed by atoms with Gasteiger partial charge in [0.1, 0.15) is 0 Å². The third kappa shape index (κ3) is 3.66. The molecule has 9 heteroatoms. The standard InChI is InChI=1S/C25H25ClN6OS/c1-4-16-23-22(27-11-13(2)28-16)21-14-5-8-20(29-17(14)6-7-19(21)34-23)33-24-15-12-32(3)10-9-18(15)30-25(26)31-24/h4-8,13,27-28H,9-12H2,1-3H3/b16-4+/t13-/m1/s1. The first-order valence-corrected chi connectivity index (χ1v) is 12.6. The average Bonchev–Trinajstić information content (AvgIpc) is 3.12. The van der Waals surface area contributed by atoms with Crippen LogP contribution in [0, 0.1) is 0 Å². The van der Waals surface area contributed by atoms with Crippen LogP contribution in [0.2, 0.25) is 5.28 Å². The van der Waals surface area contributed by atoms with E-state index >= 15 is 0 Å². The summed E-state index contributed by atoms with van der Waals surface area (Å²) in [6.07, 6.45) is 2.97. The summed E-state index contributed by atoms with van der Waals surface area (Å²) in [5.41, 5.74) is 5.15. The third-order valence-electron chi connectivity index (χ3n) is 6.40. The number of pyridine rings is 1. The van der Waals surface area contributed by atoms with Crippen molar-refractivity contribution >= 4 is 55.3 Å². The Hall–Kier alpha value is -2.94. The molecule has 6 rings (SSSR count). The SMILES string of the molecule is C/C=C1/N[C@H](C)CNc2c1sc1ccc3nc(Oc4nc(Cl)nc5c4CN(C)CC5)ccc3c21. The van der Waals surface area contributed by atoms with Crippen LogP contribution in [0.15, 0.2) is 30.3 Å². The Balaban J connectivity index is 1.43. The van der Waals surface area contributed by atoms with E-state index in [1.165, 1.54) is 26.3 Å². The van der Waals surface area contributed by atoms with Crippen LogP contribution in [0.1, 0.15) is 30.0 Å². The van der Waals surface area contributed by atoms with Crippen molar-refractivity contribution in [2.75, 3.05) is 25.5 Å². The van der Waals surface area contributed by atoms with Crippen LogP contribution in [-0.4, -0.2) is 46.0 Å².